The van der Waals surface area contributed by atoms with Crippen LogP contribution in [-0.2, 0) is 6.42 Å². The number of carboxylic acids is 1. The van der Waals surface area contributed by atoms with E-state index < -0.39 is 5.97 Å². The highest BCUT2D eigenvalue weighted by atomic mass is 16.5. The Balaban J connectivity index is 1.54. The summed E-state index contributed by atoms with van der Waals surface area (Å²) in [5, 5.41) is 13.9. The molecule has 0 fully saturated rings. The number of carbonyl (C=O) groups excluding carboxylic acids is 1. The molecule has 0 aliphatic carbocycles. The fourth-order valence-corrected chi connectivity index (χ4v) is 4.08. The number of fused-ring (bicyclic) bond motifs is 2. The summed E-state index contributed by atoms with van der Waals surface area (Å²) in [5.41, 5.74) is 3.97. The second-order valence-electron chi connectivity index (χ2n) is 7.55. The summed E-state index contributed by atoms with van der Waals surface area (Å²) in [6.07, 6.45) is 2.31. The van der Waals surface area contributed by atoms with Crippen molar-refractivity contribution in [3.05, 3.63) is 71.5 Å². The smallest absolute Gasteiger partial charge is 0.335 e. The zero-order valence-electron chi connectivity index (χ0n) is 18.0. The maximum atomic E-state index is 13.3. The Kier molecular flexibility index (Phi) is 4.93. The molecule has 9 heteroatoms. The van der Waals surface area contributed by atoms with Crippen molar-refractivity contribution in [3.8, 4) is 22.8 Å². The minimum atomic E-state index is -1.03. The number of carbonyl (C=O) groups is 2. The van der Waals surface area contributed by atoms with E-state index >= 15 is 0 Å². The van der Waals surface area contributed by atoms with E-state index in [-0.39, 0.29) is 17.2 Å². The standard InChI is InChI=1S/C24H20N4O5/c1-32-20-6-5-15(12-21(20)33-2)18-7-9-25-22-13-17(26-28(18)22)23(29)27-10-8-14-3-4-16(24(30)31)11-19(14)27/h3-7,9,11-13H,8,10H2,1-2H3,(H,30,31). The van der Waals surface area contributed by atoms with Gasteiger partial charge in [-0.3, -0.25) is 4.79 Å². The van der Waals surface area contributed by atoms with E-state index in [2.05, 4.69) is 10.1 Å². The molecule has 1 N–H and O–H groups in total. The molecule has 33 heavy (non-hydrogen) atoms. The van der Waals surface area contributed by atoms with Gasteiger partial charge in [0.1, 0.15) is 0 Å². The van der Waals surface area contributed by atoms with Gasteiger partial charge in [0.15, 0.2) is 22.8 Å². The lowest BCUT2D eigenvalue weighted by Gasteiger charge is -2.16. The van der Waals surface area contributed by atoms with E-state index in [9.17, 15) is 14.7 Å². The van der Waals surface area contributed by atoms with Crippen LogP contribution in [0, 0.1) is 0 Å². The van der Waals surface area contributed by atoms with Crippen LogP contribution in [0.3, 0.4) is 0 Å². The molecule has 1 aliphatic rings. The molecule has 166 valence electrons. The van der Waals surface area contributed by atoms with Crippen LogP contribution in [0.25, 0.3) is 16.9 Å². The van der Waals surface area contributed by atoms with Crippen LogP contribution < -0.4 is 14.4 Å². The Hall–Kier alpha value is -4.40. The third-order valence-electron chi connectivity index (χ3n) is 5.73. The van der Waals surface area contributed by atoms with E-state index in [0.717, 1.165) is 16.8 Å². The largest absolute Gasteiger partial charge is 0.493 e. The number of rotatable bonds is 5. The van der Waals surface area contributed by atoms with Gasteiger partial charge in [0, 0.05) is 30.1 Å². The van der Waals surface area contributed by atoms with Gasteiger partial charge in [0.25, 0.3) is 5.91 Å². The number of methoxy groups -OCH3 is 2. The van der Waals surface area contributed by atoms with Gasteiger partial charge in [-0.25, -0.2) is 14.3 Å². The lowest BCUT2D eigenvalue weighted by Crippen LogP contribution is -2.29. The number of aromatic carboxylic acids is 1. The van der Waals surface area contributed by atoms with Crippen LogP contribution >= 0.6 is 0 Å². The number of hydrogen-bond acceptors (Lipinski definition) is 6. The molecule has 0 bridgehead atoms. The summed E-state index contributed by atoms with van der Waals surface area (Å²) < 4.78 is 12.3. The molecule has 0 unspecified atom stereocenters. The number of hydrogen-bond donors (Lipinski definition) is 1. The zero-order valence-corrected chi connectivity index (χ0v) is 18.0. The summed E-state index contributed by atoms with van der Waals surface area (Å²) in [5.74, 6) is -0.156. The lowest BCUT2D eigenvalue weighted by molar-refractivity contribution is 0.0696. The van der Waals surface area contributed by atoms with Gasteiger partial charge in [-0.1, -0.05) is 6.07 Å². The summed E-state index contributed by atoms with van der Waals surface area (Å²) in [6.45, 7) is 0.459. The van der Waals surface area contributed by atoms with Crippen molar-refractivity contribution in [1.29, 1.82) is 0 Å². The monoisotopic (exact) mass is 444 g/mol. The highest BCUT2D eigenvalue weighted by Crippen LogP contribution is 2.33. The van der Waals surface area contributed by atoms with E-state index in [1.165, 1.54) is 6.07 Å². The number of amides is 1. The second kappa shape index (κ2) is 7.94. The highest BCUT2D eigenvalue weighted by Gasteiger charge is 2.28. The molecule has 3 heterocycles. The molecular formula is C24H20N4O5. The van der Waals surface area contributed by atoms with Gasteiger partial charge in [-0.05, 0) is 48.4 Å². The predicted octanol–water partition coefficient (Wildman–Crippen LogP) is 3.31. The van der Waals surface area contributed by atoms with Gasteiger partial charge in [-0.15, -0.1) is 0 Å². The van der Waals surface area contributed by atoms with Crippen molar-refractivity contribution in [2.45, 2.75) is 6.42 Å². The third kappa shape index (κ3) is 3.43. The Morgan fingerprint density at radius 2 is 1.82 bits per heavy atom. The number of anilines is 1. The van der Waals surface area contributed by atoms with Crippen molar-refractivity contribution in [1.82, 2.24) is 14.6 Å². The van der Waals surface area contributed by atoms with Gasteiger partial charge in [0.2, 0.25) is 0 Å². The number of nitrogens with zero attached hydrogens (tertiary/aromatic N) is 4. The van der Waals surface area contributed by atoms with E-state index in [0.29, 0.717) is 35.8 Å². The molecule has 2 aromatic heterocycles. The van der Waals surface area contributed by atoms with Crippen LogP contribution in [-0.4, -0.2) is 52.3 Å². The maximum absolute atomic E-state index is 13.3. The first-order chi connectivity index (χ1) is 16.0. The molecule has 1 aliphatic heterocycles. The average Bonchev–Trinajstić information content (AvgIpc) is 3.47. The average molecular weight is 444 g/mol. The molecule has 9 nitrogen and oxygen atoms in total. The SMILES string of the molecule is COc1ccc(-c2ccnc3cc(C(=O)N4CCc5ccc(C(=O)O)cc54)nn23)cc1OC. The first kappa shape index (κ1) is 20.5. The van der Waals surface area contributed by atoms with Crippen LogP contribution in [0.1, 0.15) is 26.4 Å². The second-order valence-corrected chi connectivity index (χ2v) is 7.55. The topological polar surface area (TPSA) is 106 Å². The van der Waals surface area contributed by atoms with E-state index in [1.807, 2.05) is 12.1 Å². The maximum Gasteiger partial charge on any atom is 0.335 e. The fourth-order valence-electron chi connectivity index (χ4n) is 4.08. The van der Waals surface area contributed by atoms with Crippen molar-refractivity contribution in [2.24, 2.45) is 0 Å². The van der Waals surface area contributed by atoms with Gasteiger partial charge in [0.05, 0.1) is 25.5 Å². The van der Waals surface area contributed by atoms with Crippen LogP contribution in [0.4, 0.5) is 5.69 Å². The molecule has 0 atom stereocenters. The van der Waals surface area contributed by atoms with Crippen molar-refractivity contribution in [3.63, 3.8) is 0 Å². The molecule has 0 radical (unpaired) electrons. The number of carboxylic acid groups (broad SMARTS) is 1. The fraction of sp³-hybridized carbons (Fsp3) is 0.167. The minimum Gasteiger partial charge on any atom is -0.493 e. The van der Waals surface area contributed by atoms with Gasteiger partial charge in [-0.2, -0.15) is 5.10 Å². The van der Waals surface area contributed by atoms with Crippen LogP contribution in [0.5, 0.6) is 11.5 Å². The Labute approximate surface area is 188 Å². The molecule has 4 aromatic rings. The summed E-state index contributed by atoms with van der Waals surface area (Å²) >= 11 is 0. The van der Waals surface area contributed by atoms with Gasteiger partial charge >= 0.3 is 5.97 Å². The van der Waals surface area contributed by atoms with Crippen molar-refractivity contribution < 1.29 is 24.2 Å². The first-order valence-electron chi connectivity index (χ1n) is 10.3. The quantitative estimate of drug-likeness (QED) is 0.503. The summed E-state index contributed by atoms with van der Waals surface area (Å²) in [6, 6.07) is 13.8. The Morgan fingerprint density at radius 1 is 1.00 bits per heavy atom. The van der Waals surface area contributed by atoms with Gasteiger partial charge < -0.3 is 19.5 Å². The number of benzene rings is 2. The predicted molar refractivity (Wildman–Crippen MR) is 120 cm³/mol. The van der Waals surface area contributed by atoms with Crippen molar-refractivity contribution >= 4 is 23.2 Å². The molecule has 0 spiro atoms. The summed E-state index contributed by atoms with van der Waals surface area (Å²) in [4.78, 5) is 30.6. The molecular weight excluding hydrogens is 424 g/mol. The third-order valence-corrected chi connectivity index (χ3v) is 5.73. The number of ether oxygens (including phenoxy) is 2. The van der Waals surface area contributed by atoms with Crippen LogP contribution in [0.15, 0.2) is 54.7 Å². The van der Waals surface area contributed by atoms with E-state index in [4.69, 9.17) is 9.47 Å². The zero-order chi connectivity index (χ0) is 23.1. The molecule has 0 saturated heterocycles. The molecule has 5 rings (SSSR count). The lowest BCUT2D eigenvalue weighted by atomic mass is 10.1. The minimum absolute atomic E-state index is 0.140. The normalized spacial score (nSPS) is 12.6. The Bertz CT molecular complexity index is 1410. The molecule has 0 saturated carbocycles. The highest BCUT2D eigenvalue weighted by molar-refractivity contribution is 6.07. The van der Waals surface area contributed by atoms with Crippen molar-refractivity contribution in [2.75, 3.05) is 25.7 Å². The molecule has 1 amide bonds. The first-order valence-corrected chi connectivity index (χ1v) is 10.3. The van der Waals surface area contributed by atoms with E-state index in [1.54, 1.807) is 60.2 Å². The number of aromatic nitrogens is 3. The summed E-state index contributed by atoms with van der Waals surface area (Å²) in [7, 11) is 3.14. The Morgan fingerprint density at radius 3 is 2.58 bits per heavy atom. The van der Waals surface area contributed by atoms with Crippen LogP contribution in [0.2, 0.25) is 0 Å². The molecule has 2 aromatic carbocycles.